The molecule has 1 aliphatic rings. The number of para-hydroxylation sites is 1. The molecule has 6 nitrogen and oxygen atoms in total. The van der Waals surface area contributed by atoms with Crippen molar-refractivity contribution in [3.63, 3.8) is 0 Å². The molecule has 0 saturated carbocycles. The van der Waals surface area contributed by atoms with E-state index in [1.54, 1.807) is 24.3 Å². The van der Waals surface area contributed by atoms with Gasteiger partial charge in [0.2, 0.25) is 10.0 Å². The second-order valence-electron chi connectivity index (χ2n) is 6.39. The van der Waals surface area contributed by atoms with Crippen molar-refractivity contribution in [3.05, 3.63) is 60.2 Å². The molecule has 7 heteroatoms. The highest BCUT2D eigenvalue weighted by Gasteiger charge is 2.22. The van der Waals surface area contributed by atoms with Gasteiger partial charge in [0.25, 0.3) is 5.91 Å². The van der Waals surface area contributed by atoms with Gasteiger partial charge in [0, 0.05) is 44.5 Å². The number of nitrogens with zero attached hydrogens (tertiary/aromatic N) is 3. The number of hydrogen-bond donors (Lipinski definition) is 0. The fraction of sp³-hybridized carbons (Fsp3) is 0.316. The van der Waals surface area contributed by atoms with Gasteiger partial charge in [-0.2, -0.15) is 0 Å². The molecule has 0 atom stereocenters. The summed E-state index contributed by atoms with van der Waals surface area (Å²) in [5, 5.41) is 0. The largest absolute Gasteiger partial charge is 0.368 e. The molecule has 0 unspecified atom stereocenters. The number of carbonyl (C=O) groups excluding carboxylic acids is 1. The lowest BCUT2D eigenvalue weighted by molar-refractivity contribution is 0.0747. The number of anilines is 2. The highest BCUT2D eigenvalue weighted by molar-refractivity contribution is 7.92. The predicted molar refractivity (Wildman–Crippen MR) is 104 cm³/mol. The summed E-state index contributed by atoms with van der Waals surface area (Å²) in [6.07, 6.45) is 1.15. The number of rotatable bonds is 4. The van der Waals surface area contributed by atoms with E-state index >= 15 is 0 Å². The quantitative estimate of drug-likeness (QED) is 0.823. The summed E-state index contributed by atoms with van der Waals surface area (Å²) in [5.41, 5.74) is 2.29. The maximum Gasteiger partial charge on any atom is 0.253 e. The third kappa shape index (κ3) is 3.99. The van der Waals surface area contributed by atoms with E-state index in [1.807, 2.05) is 23.1 Å². The van der Waals surface area contributed by atoms with E-state index in [0.29, 0.717) is 24.3 Å². The molecule has 138 valence electrons. The van der Waals surface area contributed by atoms with E-state index < -0.39 is 10.0 Å². The first-order valence-corrected chi connectivity index (χ1v) is 10.3. The van der Waals surface area contributed by atoms with Crippen LogP contribution in [0.25, 0.3) is 0 Å². The Kier molecular flexibility index (Phi) is 5.18. The minimum Gasteiger partial charge on any atom is -0.368 e. The Balaban J connectivity index is 1.64. The van der Waals surface area contributed by atoms with Crippen LogP contribution in [-0.2, 0) is 10.0 Å². The predicted octanol–water partition coefficient (Wildman–Crippen LogP) is 2.04. The van der Waals surface area contributed by atoms with E-state index in [4.69, 9.17) is 0 Å². The van der Waals surface area contributed by atoms with Crippen LogP contribution in [0.4, 0.5) is 11.4 Å². The SMILES string of the molecule is CN(c1ccc(C(=O)N2CCN(c3ccccc3)CC2)cc1)S(C)(=O)=O. The highest BCUT2D eigenvalue weighted by atomic mass is 32.2. The molecule has 0 bridgehead atoms. The number of hydrogen-bond acceptors (Lipinski definition) is 4. The van der Waals surface area contributed by atoms with Crippen molar-refractivity contribution < 1.29 is 13.2 Å². The zero-order valence-corrected chi connectivity index (χ0v) is 15.8. The van der Waals surface area contributed by atoms with Crippen molar-refractivity contribution in [2.24, 2.45) is 0 Å². The molecule has 0 aromatic heterocycles. The maximum atomic E-state index is 12.7. The maximum absolute atomic E-state index is 12.7. The van der Waals surface area contributed by atoms with Gasteiger partial charge >= 0.3 is 0 Å². The average Bonchev–Trinajstić information content (AvgIpc) is 2.67. The Bertz CT molecular complexity index is 859. The van der Waals surface area contributed by atoms with Crippen molar-refractivity contribution in [1.82, 2.24) is 4.90 Å². The van der Waals surface area contributed by atoms with Gasteiger partial charge in [-0.25, -0.2) is 8.42 Å². The number of benzene rings is 2. The molecule has 0 N–H and O–H groups in total. The van der Waals surface area contributed by atoms with Crippen LogP contribution in [0.15, 0.2) is 54.6 Å². The van der Waals surface area contributed by atoms with Crippen molar-refractivity contribution in [1.29, 1.82) is 0 Å². The fourth-order valence-corrected chi connectivity index (χ4v) is 3.50. The third-order valence-corrected chi connectivity index (χ3v) is 5.87. The molecule has 0 aliphatic carbocycles. The number of piperazine rings is 1. The minimum atomic E-state index is -3.31. The summed E-state index contributed by atoms with van der Waals surface area (Å²) in [7, 11) is -1.81. The molecule has 2 aromatic rings. The number of sulfonamides is 1. The normalized spacial score (nSPS) is 15.0. The zero-order chi connectivity index (χ0) is 18.7. The van der Waals surface area contributed by atoms with Gasteiger partial charge in [-0.05, 0) is 36.4 Å². The molecule has 3 rings (SSSR count). The Morgan fingerprint density at radius 3 is 2.04 bits per heavy atom. The van der Waals surface area contributed by atoms with E-state index in [0.717, 1.165) is 19.3 Å². The van der Waals surface area contributed by atoms with Crippen LogP contribution < -0.4 is 9.21 Å². The van der Waals surface area contributed by atoms with E-state index in [1.165, 1.54) is 17.0 Å². The second-order valence-corrected chi connectivity index (χ2v) is 8.41. The van der Waals surface area contributed by atoms with Crippen molar-refractivity contribution in [2.45, 2.75) is 0 Å². The molecule has 1 amide bonds. The van der Waals surface area contributed by atoms with Crippen LogP contribution in [-0.4, -0.2) is 58.7 Å². The first kappa shape index (κ1) is 18.3. The third-order valence-electron chi connectivity index (χ3n) is 4.66. The van der Waals surface area contributed by atoms with Crippen molar-refractivity contribution >= 4 is 27.3 Å². The molecule has 0 radical (unpaired) electrons. The molecule has 1 fully saturated rings. The number of carbonyl (C=O) groups is 1. The molecule has 1 heterocycles. The van der Waals surface area contributed by atoms with Gasteiger partial charge in [0.1, 0.15) is 0 Å². The monoisotopic (exact) mass is 373 g/mol. The van der Waals surface area contributed by atoms with E-state index in [9.17, 15) is 13.2 Å². The molecule has 0 spiro atoms. The summed E-state index contributed by atoms with van der Waals surface area (Å²) in [4.78, 5) is 16.8. The van der Waals surface area contributed by atoms with Crippen LogP contribution in [0.3, 0.4) is 0 Å². The zero-order valence-electron chi connectivity index (χ0n) is 15.0. The average molecular weight is 373 g/mol. The van der Waals surface area contributed by atoms with Gasteiger partial charge in [-0.15, -0.1) is 0 Å². The van der Waals surface area contributed by atoms with Crippen LogP contribution in [0.1, 0.15) is 10.4 Å². The number of amides is 1. The van der Waals surface area contributed by atoms with Crippen LogP contribution >= 0.6 is 0 Å². The van der Waals surface area contributed by atoms with Gasteiger partial charge in [-0.1, -0.05) is 18.2 Å². The summed E-state index contributed by atoms with van der Waals surface area (Å²) >= 11 is 0. The van der Waals surface area contributed by atoms with Crippen molar-refractivity contribution in [3.8, 4) is 0 Å². The summed E-state index contributed by atoms with van der Waals surface area (Å²) in [5.74, 6) is -0.0220. The lowest BCUT2D eigenvalue weighted by atomic mass is 10.1. The molecule has 26 heavy (non-hydrogen) atoms. The van der Waals surface area contributed by atoms with E-state index in [2.05, 4.69) is 17.0 Å². The summed E-state index contributed by atoms with van der Waals surface area (Å²) < 4.78 is 24.4. The molecular formula is C19H23N3O3S. The summed E-state index contributed by atoms with van der Waals surface area (Å²) in [6, 6.07) is 16.9. The Morgan fingerprint density at radius 2 is 1.50 bits per heavy atom. The fourth-order valence-electron chi connectivity index (χ4n) is 2.99. The Morgan fingerprint density at radius 1 is 0.923 bits per heavy atom. The van der Waals surface area contributed by atoms with Gasteiger partial charge < -0.3 is 9.80 Å². The first-order chi connectivity index (χ1) is 12.4. The lowest BCUT2D eigenvalue weighted by Crippen LogP contribution is -2.48. The lowest BCUT2D eigenvalue weighted by Gasteiger charge is -2.36. The molecule has 2 aromatic carbocycles. The topological polar surface area (TPSA) is 60.9 Å². The van der Waals surface area contributed by atoms with Crippen LogP contribution in [0, 0.1) is 0 Å². The molecule has 1 aliphatic heterocycles. The summed E-state index contributed by atoms with van der Waals surface area (Å²) in [6.45, 7) is 2.92. The Labute approximate surface area is 154 Å². The van der Waals surface area contributed by atoms with Gasteiger partial charge in [-0.3, -0.25) is 9.10 Å². The van der Waals surface area contributed by atoms with E-state index in [-0.39, 0.29) is 5.91 Å². The molecular weight excluding hydrogens is 350 g/mol. The van der Waals surface area contributed by atoms with Crippen molar-refractivity contribution in [2.75, 3.05) is 48.7 Å². The Hall–Kier alpha value is -2.54. The van der Waals surface area contributed by atoms with Gasteiger partial charge in [0.15, 0.2) is 0 Å². The van der Waals surface area contributed by atoms with Gasteiger partial charge in [0.05, 0.1) is 11.9 Å². The first-order valence-electron chi connectivity index (χ1n) is 8.49. The van der Waals surface area contributed by atoms with Crippen LogP contribution in [0.2, 0.25) is 0 Å². The smallest absolute Gasteiger partial charge is 0.253 e. The van der Waals surface area contributed by atoms with Crippen LogP contribution in [0.5, 0.6) is 0 Å². The second kappa shape index (κ2) is 7.37. The highest BCUT2D eigenvalue weighted by Crippen LogP contribution is 2.19. The molecule has 1 saturated heterocycles. The minimum absolute atomic E-state index is 0.0220. The standard InChI is InChI=1S/C19H23N3O3S/c1-20(26(2,24)25)17-10-8-16(9-11-17)19(23)22-14-12-21(13-15-22)18-6-4-3-5-7-18/h3-11H,12-15H2,1-2H3.